The Labute approximate surface area is 60.8 Å². The molecule has 0 aliphatic heterocycles. The van der Waals surface area contributed by atoms with Crippen molar-refractivity contribution in [3.05, 3.63) is 0 Å². The van der Waals surface area contributed by atoms with E-state index >= 15 is 0 Å². The number of carbonyl (C=O) groups is 1. The highest BCUT2D eigenvalue weighted by Crippen LogP contribution is 2.58. The Morgan fingerprint density at radius 2 is 2.10 bits per heavy atom. The molecule has 0 radical (unpaired) electrons. The Kier molecular flexibility index (Phi) is 0.781. The first-order valence-corrected chi connectivity index (χ1v) is 4.40. The fraction of sp³-hybridized carbons (Fsp3) is 0.889. The molecule has 54 valence electrons. The summed E-state index contributed by atoms with van der Waals surface area (Å²) in [6.07, 6.45) is 5.08. The highest BCUT2D eigenvalue weighted by molar-refractivity contribution is 5.87. The van der Waals surface area contributed by atoms with E-state index < -0.39 is 0 Å². The molecule has 3 aliphatic carbocycles. The summed E-state index contributed by atoms with van der Waals surface area (Å²) in [5.41, 5.74) is 0. The van der Waals surface area contributed by atoms with Crippen molar-refractivity contribution in [2.45, 2.75) is 25.7 Å². The van der Waals surface area contributed by atoms with Crippen molar-refractivity contribution in [3.63, 3.8) is 0 Å². The van der Waals surface area contributed by atoms with E-state index in [9.17, 15) is 4.79 Å². The first-order valence-electron chi connectivity index (χ1n) is 4.40. The van der Waals surface area contributed by atoms with E-state index in [1.54, 1.807) is 0 Å². The predicted molar refractivity (Wildman–Crippen MR) is 37.4 cm³/mol. The Balaban J connectivity index is 1.98. The molecular weight excluding hydrogens is 124 g/mol. The summed E-state index contributed by atoms with van der Waals surface area (Å²) in [7, 11) is 0. The molecule has 4 unspecified atom stereocenters. The van der Waals surface area contributed by atoms with Crippen molar-refractivity contribution < 1.29 is 4.79 Å². The maximum Gasteiger partial charge on any atom is 0.139 e. The van der Waals surface area contributed by atoms with Crippen LogP contribution in [0.3, 0.4) is 0 Å². The lowest BCUT2D eigenvalue weighted by molar-refractivity contribution is -0.125. The smallest absolute Gasteiger partial charge is 0.139 e. The van der Waals surface area contributed by atoms with E-state index in [1.807, 2.05) is 0 Å². The second-order valence-electron chi connectivity index (χ2n) is 4.18. The lowest BCUT2D eigenvalue weighted by Gasteiger charge is -2.15. The molecule has 0 aromatic rings. The molecule has 0 saturated heterocycles. The SMILES string of the molecule is O=C1C2CCC(C2)C2CC12. The zero-order valence-electron chi connectivity index (χ0n) is 6.05. The molecular formula is C9H12O. The summed E-state index contributed by atoms with van der Waals surface area (Å²) in [5.74, 6) is 3.50. The van der Waals surface area contributed by atoms with Gasteiger partial charge in [0.05, 0.1) is 0 Å². The van der Waals surface area contributed by atoms with Crippen LogP contribution >= 0.6 is 0 Å². The quantitative estimate of drug-likeness (QED) is 0.494. The van der Waals surface area contributed by atoms with Gasteiger partial charge in [-0.05, 0) is 37.5 Å². The third-order valence-electron chi connectivity index (χ3n) is 3.69. The molecule has 0 N–H and O–H groups in total. The third-order valence-corrected chi connectivity index (χ3v) is 3.69. The maximum absolute atomic E-state index is 11.4. The van der Waals surface area contributed by atoms with Crippen LogP contribution in [0, 0.1) is 23.7 Å². The fourth-order valence-electron chi connectivity index (χ4n) is 3.03. The summed E-state index contributed by atoms with van der Waals surface area (Å²) in [4.78, 5) is 11.4. The second kappa shape index (κ2) is 1.46. The van der Waals surface area contributed by atoms with Crippen LogP contribution in [0.4, 0.5) is 0 Å². The normalized spacial score (nSPS) is 56.6. The molecule has 1 heteroatoms. The van der Waals surface area contributed by atoms with Gasteiger partial charge >= 0.3 is 0 Å². The van der Waals surface area contributed by atoms with Crippen molar-refractivity contribution >= 4 is 5.78 Å². The summed E-state index contributed by atoms with van der Waals surface area (Å²) in [6.45, 7) is 0. The zero-order chi connectivity index (χ0) is 6.72. The van der Waals surface area contributed by atoms with Gasteiger partial charge in [0.2, 0.25) is 0 Å². The Bertz CT molecular complexity index is 197. The minimum atomic E-state index is 0.508. The van der Waals surface area contributed by atoms with Crippen molar-refractivity contribution in [1.29, 1.82) is 0 Å². The average molecular weight is 136 g/mol. The second-order valence-corrected chi connectivity index (χ2v) is 4.18. The number of hydrogen-bond donors (Lipinski definition) is 0. The van der Waals surface area contributed by atoms with Gasteiger partial charge in [-0.1, -0.05) is 0 Å². The molecule has 3 saturated carbocycles. The Hall–Kier alpha value is -0.330. The van der Waals surface area contributed by atoms with Gasteiger partial charge < -0.3 is 0 Å². The van der Waals surface area contributed by atoms with Gasteiger partial charge in [-0.3, -0.25) is 4.79 Å². The first-order chi connectivity index (χ1) is 4.86. The molecule has 4 atom stereocenters. The largest absolute Gasteiger partial charge is 0.299 e. The van der Waals surface area contributed by atoms with Crippen molar-refractivity contribution in [3.8, 4) is 0 Å². The van der Waals surface area contributed by atoms with Crippen LogP contribution in [-0.4, -0.2) is 5.78 Å². The Morgan fingerprint density at radius 3 is 3.00 bits per heavy atom. The van der Waals surface area contributed by atoms with E-state index in [0.717, 1.165) is 11.8 Å². The molecule has 3 fully saturated rings. The molecule has 0 amide bonds. The zero-order valence-corrected chi connectivity index (χ0v) is 6.05. The van der Waals surface area contributed by atoms with E-state index in [4.69, 9.17) is 0 Å². The van der Waals surface area contributed by atoms with Crippen LogP contribution in [0.5, 0.6) is 0 Å². The van der Waals surface area contributed by atoms with Gasteiger partial charge in [0.25, 0.3) is 0 Å². The standard InChI is InChI=1S/C9H12O/c10-9-6-2-1-5(3-6)7-4-8(7)9/h5-8H,1-4H2. The predicted octanol–water partition coefficient (Wildman–Crippen LogP) is 1.62. The van der Waals surface area contributed by atoms with Gasteiger partial charge in [0, 0.05) is 11.8 Å². The van der Waals surface area contributed by atoms with Crippen LogP contribution in [-0.2, 0) is 4.79 Å². The highest BCUT2D eigenvalue weighted by Gasteiger charge is 2.56. The van der Waals surface area contributed by atoms with Gasteiger partial charge in [-0.2, -0.15) is 0 Å². The first kappa shape index (κ1) is 5.34. The summed E-state index contributed by atoms with van der Waals surface area (Å²) < 4.78 is 0. The van der Waals surface area contributed by atoms with Gasteiger partial charge in [-0.25, -0.2) is 0 Å². The Morgan fingerprint density at radius 1 is 1.20 bits per heavy atom. The monoisotopic (exact) mass is 136 g/mol. The molecule has 3 rings (SSSR count). The molecule has 3 aliphatic rings. The fourth-order valence-corrected chi connectivity index (χ4v) is 3.03. The third kappa shape index (κ3) is 0.480. The number of hydrogen-bond acceptors (Lipinski definition) is 1. The van der Waals surface area contributed by atoms with E-state index in [1.165, 1.54) is 25.7 Å². The number of ketones is 1. The van der Waals surface area contributed by atoms with Crippen molar-refractivity contribution in [2.75, 3.05) is 0 Å². The van der Waals surface area contributed by atoms with Crippen molar-refractivity contribution in [1.82, 2.24) is 0 Å². The van der Waals surface area contributed by atoms with Crippen LogP contribution in [0.15, 0.2) is 0 Å². The lowest BCUT2D eigenvalue weighted by Crippen LogP contribution is -2.19. The molecule has 1 nitrogen and oxygen atoms in total. The topological polar surface area (TPSA) is 17.1 Å². The summed E-state index contributed by atoms with van der Waals surface area (Å²) in [5, 5.41) is 0. The summed E-state index contributed by atoms with van der Waals surface area (Å²) >= 11 is 0. The van der Waals surface area contributed by atoms with Gasteiger partial charge in [0.15, 0.2) is 0 Å². The van der Waals surface area contributed by atoms with Crippen molar-refractivity contribution in [2.24, 2.45) is 23.7 Å². The maximum atomic E-state index is 11.4. The van der Waals surface area contributed by atoms with E-state index in [2.05, 4.69) is 0 Å². The molecule has 2 bridgehead atoms. The molecule has 0 aromatic heterocycles. The molecule has 0 aromatic carbocycles. The highest BCUT2D eigenvalue weighted by atomic mass is 16.1. The lowest BCUT2D eigenvalue weighted by atomic mass is 9.88. The average Bonchev–Trinajstić information content (AvgIpc) is 2.61. The van der Waals surface area contributed by atoms with E-state index in [0.29, 0.717) is 17.6 Å². The van der Waals surface area contributed by atoms with Gasteiger partial charge in [0.1, 0.15) is 5.78 Å². The molecule has 0 spiro atoms. The van der Waals surface area contributed by atoms with Crippen LogP contribution in [0.25, 0.3) is 0 Å². The number of carbonyl (C=O) groups excluding carboxylic acids is 1. The van der Waals surface area contributed by atoms with E-state index in [-0.39, 0.29) is 0 Å². The van der Waals surface area contributed by atoms with Gasteiger partial charge in [-0.15, -0.1) is 0 Å². The van der Waals surface area contributed by atoms with Crippen LogP contribution < -0.4 is 0 Å². The number of fused-ring (bicyclic) bond motifs is 4. The molecule has 10 heavy (non-hydrogen) atoms. The minimum Gasteiger partial charge on any atom is -0.299 e. The number of Topliss-reactive ketones (excluding diaryl/α,β-unsaturated/α-hetero) is 1. The van der Waals surface area contributed by atoms with Crippen LogP contribution in [0.2, 0.25) is 0 Å². The summed E-state index contributed by atoms with van der Waals surface area (Å²) in [6, 6.07) is 0. The van der Waals surface area contributed by atoms with Crippen LogP contribution in [0.1, 0.15) is 25.7 Å². The number of rotatable bonds is 0. The minimum absolute atomic E-state index is 0.508. The molecule has 0 heterocycles.